The third kappa shape index (κ3) is 4.12. The summed E-state index contributed by atoms with van der Waals surface area (Å²) in [5, 5.41) is 3.14. The summed E-state index contributed by atoms with van der Waals surface area (Å²) in [6.07, 6.45) is 4.06. The molecule has 0 heterocycles. The molecular formula is C13H26N2O. The summed E-state index contributed by atoms with van der Waals surface area (Å²) in [7, 11) is 0. The van der Waals surface area contributed by atoms with E-state index in [9.17, 15) is 4.79 Å². The molecule has 0 radical (unpaired) electrons. The van der Waals surface area contributed by atoms with Crippen LogP contribution in [0.5, 0.6) is 0 Å². The Bertz CT molecular complexity index is 230. The Morgan fingerprint density at radius 1 is 1.38 bits per heavy atom. The van der Waals surface area contributed by atoms with E-state index in [-0.39, 0.29) is 5.91 Å². The molecule has 1 aliphatic rings. The zero-order valence-corrected chi connectivity index (χ0v) is 10.8. The molecule has 1 fully saturated rings. The van der Waals surface area contributed by atoms with Crippen LogP contribution in [-0.2, 0) is 4.79 Å². The van der Waals surface area contributed by atoms with E-state index in [0.717, 1.165) is 24.7 Å². The van der Waals surface area contributed by atoms with Gasteiger partial charge in [-0.05, 0) is 43.6 Å². The first kappa shape index (κ1) is 13.5. The van der Waals surface area contributed by atoms with Crippen molar-refractivity contribution in [3.05, 3.63) is 0 Å². The average molecular weight is 226 g/mol. The highest BCUT2D eigenvalue weighted by Gasteiger charge is 2.25. The molecule has 0 bridgehead atoms. The van der Waals surface area contributed by atoms with Crippen LogP contribution >= 0.6 is 0 Å². The van der Waals surface area contributed by atoms with Crippen molar-refractivity contribution in [1.82, 2.24) is 5.32 Å². The SMILES string of the molecule is CC(CN)CC(=O)NC1CCC(C)C(C)C1. The molecule has 1 saturated carbocycles. The van der Waals surface area contributed by atoms with Crippen molar-refractivity contribution in [3.8, 4) is 0 Å². The molecule has 0 aromatic rings. The van der Waals surface area contributed by atoms with Gasteiger partial charge in [0.25, 0.3) is 0 Å². The first-order chi connectivity index (χ1) is 7.52. The van der Waals surface area contributed by atoms with Crippen molar-refractivity contribution in [2.24, 2.45) is 23.5 Å². The first-order valence-corrected chi connectivity index (χ1v) is 6.52. The Hall–Kier alpha value is -0.570. The quantitative estimate of drug-likeness (QED) is 0.769. The van der Waals surface area contributed by atoms with Crippen LogP contribution in [0.2, 0.25) is 0 Å². The lowest BCUT2D eigenvalue weighted by molar-refractivity contribution is -0.122. The Balaban J connectivity index is 2.29. The molecule has 0 saturated heterocycles. The smallest absolute Gasteiger partial charge is 0.220 e. The third-order valence-electron chi connectivity index (χ3n) is 3.90. The second kappa shape index (κ2) is 6.24. The molecule has 1 amide bonds. The van der Waals surface area contributed by atoms with Gasteiger partial charge in [-0.15, -0.1) is 0 Å². The second-order valence-electron chi connectivity index (χ2n) is 5.58. The minimum Gasteiger partial charge on any atom is -0.353 e. The number of hydrogen-bond acceptors (Lipinski definition) is 2. The van der Waals surface area contributed by atoms with Gasteiger partial charge in [-0.3, -0.25) is 4.79 Å². The van der Waals surface area contributed by atoms with Crippen molar-refractivity contribution >= 4 is 5.91 Å². The maximum Gasteiger partial charge on any atom is 0.220 e. The van der Waals surface area contributed by atoms with Crippen LogP contribution in [0, 0.1) is 17.8 Å². The van der Waals surface area contributed by atoms with Gasteiger partial charge >= 0.3 is 0 Å². The molecule has 3 N–H and O–H groups in total. The summed E-state index contributed by atoms with van der Waals surface area (Å²) >= 11 is 0. The van der Waals surface area contributed by atoms with Gasteiger partial charge in [-0.2, -0.15) is 0 Å². The standard InChI is InChI=1S/C13H26N2O/c1-9(8-14)6-13(16)15-12-5-4-10(2)11(3)7-12/h9-12H,4-8,14H2,1-3H3,(H,15,16). The minimum atomic E-state index is 0.171. The molecule has 0 aliphatic heterocycles. The molecule has 3 heteroatoms. The van der Waals surface area contributed by atoms with Crippen LogP contribution < -0.4 is 11.1 Å². The topological polar surface area (TPSA) is 55.1 Å². The summed E-state index contributed by atoms with van der Waals surface area (Å²) in [5.41, 5.74) is 5.51. The van der Waals surface area contributed by atoms with Crippen LogP contribution in [0.4, 0.5) is 0 Å². The number of carbonyl (C=O) groups is 1. The predicted octanol–water partition coefficient (Wildman–Crippen LogP) is 1.91. The van der Waals surface area contributed by atoms with Gasteiger partial charge in [0.1, 0.15) is 0 Å². The zero-order chi connectivity index (χ0) is 12.1. The molecule has 0 spiro atoms. The molecule has 4 atom stereocenters. The number of hydrogen-bond donors (Lipinski definition) is 2. The van der Waals surface area contributed by atoms with Crippen molar-refractivity contribution in [2.75, 3.05) is 6.54 Å². The van der Waals surface area contributed by atoms with Crippen molar-refractivity contribution < 1.29 is 4.79 Å². The van der Waals surface area contributed by atoms with Gasteiger partial charge in [-0.25, -0.2) is 0 Å². The molecule has 16 heavy (non-hydrogen) atoms. The highest BCUT2D eigenvalue weighted by Crippen LogP contribution is 2.29. The normalized spacial score (nSPS) is 32.1. The zero-order valence-electron chi connectivity index (χ0n) is 10.8. The Morgan fingerprint density at radius 2 is 2.06 bits per heavy atom. The van der Waals surface area contributed by atoms with E-state index in [1.54, 1.807) is 0 Å². The lowest BCUT2D eigenvalue weighted by Crippen LogP contribution is -2.40. The number of rotatable bonds is 4. The third-order valence-corrected chi connectivity index (χ3v) is 3.90. The summed E-state index contributed by atoms with van der Waals surface area (Å²) in [6.45, 7) is 7.20. The number of carbonyl (C=O) groups excluding carboxylic acids is 1. The monoisotopic (exact) mass is 226 g/mol. The van der Waals surface area contributed by atoms with Crippen LogP contribution in [-0.4, -0.2) is 18.5 Å². The van der Waals surface area contributed by atoms with Crippen LogP contribution in [0.1, 0.15) is 46.5 Å². The van der Waals surface area contributed by atoms with Gasteiger partial charge in [-0.1, -0.05) is 20.8 Å². The lowest BCUT2D eigenvalue weighted by atomic mass is 9.79. The van der Waals surface area contributed by atoms with Crippen molar-refractivity contribution in [1.29, 1.82) is 0 Å². The van der Waals surface area contributed by atoms with Gasteiger partial charge < -0.3 is 11.1 Å². The largest absolute Gasteiger partial charge is 0.353 e. The van der Waals surface area contributed by atoms with Crippen LogP contribution in [0.15, 0.2) is 0 Å². The van der Waals surface area contributed by atoms with Crippen LogP contribution in [0.3, 0.4) is 0 Å². The van der Waals surface area contributed by atoms with E-state index in [4.69, 9.17) is 5.73 Å². The second-order valence-corrected chi connectivity index (χ2v) is 5.58. The predicted molar refractivity (Wildman–Crippen MR) is 66.9 cm³/mol. The first-order valence-electron chi connectivity index (χ1n) is 6.52. The highest BCUT2D eigenvalue weighted by molar-refractivity contribution is 5.76. The number of nitrogens with one attached hydrogen (secondary N) is 1. The van der Waals surface area contributed by atoms with Crippen LogP contribution in [0.25, 0.3) is 0 Å². The minimum absolute atomic E-state index is 0.171. The summed E-state index contributed by atoms with van der Waals surface area (Å²) < 4.78 is 0. The fourth-order valence-corrected chi connectivity index (χ4v) is 2.37. The van der Waals surface area contributed by atoms with E-state index in [2.05, 4.69) is 19.2 Å². The highest BCUT2D eigenvalue weighted by atomic mass is 16.1. The molecule has 3 nitrogen and oxygen atoms in total. The number of amides is 1. The van der Waals surface area contributed by atoms with Crippen molar-refractivity contribution in [3.63, 3.8) is 0 Å². The summed E-state index contributed by atoms with van der Waals surface area (Å²) in [5.74, 6) is 1.99. The lowest BCUT2D eigenvalue weighted by Gasteiger charge is -2.32. The van der Waals surface area contributed by atoms with E-state index >= 15 is 0 Å². The maximum absolute atomic E-state index is 11.7. The Labute approximate surface area is 99.2 Å². The molecule has 1 rings (SSSR count). The summed E-state index contributed by atoms with van der Waals surface area (Å²) in [4.78, 5) is 11.7. The van der Waals surface area contributed by atoms with E-state index in [0.29, 0.717) is 24.9 Å². The Morgan fingerprint density at radius 3 is 2.62 bits per heavy atom. The molecule has 0 aromatic heterocycles. The van der Waals surface area contributed by atoms with Gasteiger partial charge in [0, 0.05) is 12.5 Å². The van der Waals surface area contributed by atoms with Crippen molar-refractivity contribution in [2.45, 2.75) is 52.5 Å². The van der Waals surface area contributed by atoms with Gasteiger partial charge in [0.15, 0.2) is 0 Å². The Kier molecular flexibility index (Phi) is 5.26. The molecule has 1 aliphatic carbocycles. The number of nitrogens with two attached hydrogens (primary N) is 1. The molecular weight excluding hydrogens is 200 g/mol. The average Bonchev–Trinajstić information content (AvgIpc) is 2.23. The van der Waals surface area contributed by atoms with Gasteiger partial charge in [0.2, 0.25) is 5.91 Å². The van der Waals surface area contributed by atoms with E-state index < -0.39 is 0 Å². The fourth-order valence-electron chi connectivity index (χ4n) is 2.37. The molecule has 4 unspecified atom stereocenters. The summed E-state index contributed by atoms with van der Waals surface area (Å²) in [6, 6.07) is 0.392. The maximum atomic E-state index is 11.7. The fraction of sp³-hybridized carbons (Fsp3) is 0.923. The molecule has 0 aromatic carbocycles. The molecule has 94 valence electrons. The van der Waals surface area contributed by atoms with E-state index in [1.807, 2.05) is 6.92 Å². The van der Waals surface area contributed by atoms with E-state index in [1.165, 1.54) is 6.42 Å². The van der Waals surface area contributed by atoms with Gasteiger partial charge in [0.05, 0.1) is 0 Å².